The van der Waals surface area contributed by atoms with Crippen molar-refractivity contribution in [3.05, 3.63) is 88.5 Å². The number of ether oxygens (including phenoxy) is 2. The van der Waals surface area contributed by atoms with E-state index in [1.165, 1.54) is 11.1 Å². The molecule has 0 spiro atoms. The van der Waals surface area contributed by atoms with E-state index in [2.05, 4.69) is 42.6 Å². The molecule has 6 nitrogen and oxygen atoms in total. The number of nitrogens with two attached hydrogens (primary N) is 1. The fourth-order valence-corrected chi connectivity index (χ4v) is 3.03. The van der Waals surface area contributed by atoms with Crippen LogP contribution in [-0.2, 0) is 17.8 Å². The molecule has 0 unspecified atom stereocenters. The molecular weight excluding hydrogens is 390 g/mol. The molecule has 0 aliphatic heterocycles. The summed E-state index contributed by atoms with van der Waals surface area (Å²) in [6.45, 7) is 4.58. The molecule has 3 N–H and O–H groups in total. The average Bonchev–Trinajstić information content (AvgIpc) is 2.76. The second kappa shape index (κ2) is 10.3. The van der Waals surface area contributed by atoms with Crippen LogP contribution in [0.2, 0.25) is 0 Å². The van der Waals surface area contributed by atoms with Crippen LogP contribution in [0.25, 0.3) is 0 Å². The molecule has 0 aliphatic rings. The number of benzene rings is 3. The summed E-state index contributed by atoms with van der Waals surface area (Å²) in [4.78, 5) is 12.0. The van der Waals surface area contributed by atoms with Crippen LogP contribution in [0.15, 0.2) is 65.8 Å². The summed E-state index contributed by atoms with van der Waals surface area (Å²) in [7, 11) is 1.59. The smallest absolute Gasteiger partial charge is 0.244 e. The molecule has 0 aromatic heterocycles. The average molecular weight is 418 g/mol. The number of nitrogens with zero attached hydrogens (tertiary/aromatic N) is 1. The van der Waals surface area contributed by atoms with Crippen molar-refractivity contribution in [3.63, 3.8) is 0 Å². The fraction of sp³-hybridized carbons (Fsp3) is 0.200. The van der Waals surface area contributed by atoms with Crippen molar-refractivity contribution in [2.45, 2.75) is 26.9 Å². The van der Waals surface area contributed by atoms with Crippen molar-refractivity contribution >= 4 is 17.8 Å². The molecule has 0 saturated carbocycles. The number of carbonyl (C=O) groups excluding carboxylic acids is 1. The number of methoxy groups -OCH3 is 1. The van der Waals surface area contributed by atoms with Gasteiger partial charge in [0.05, 0.1) is 19.7 Å². The van der Waals surface area contributed by atoms with Crippen molar-refractivity contribution in [3.8, 4) is 11.5 Å². The van der Waals surface area contributed by atoms with Crippen LogP contribution < -0.4 is 20.6 Å². The molecule has 0 saturated heterocycles. The van der Waals surface area contributed by atoms with E-state index in [9.17, 15) is 4.79 Å². The van der Waals surface area contributed by atoms with Gasteiger partial charge in [-0.15, -0.1) is 0 Å². The first kappa shape index (κ1) is 21.9. The Morgan fingerprint density at radius 2 is 1.81 bits per heavy atom. The summed E-state index contributed by atoms with van der Waals surface area (Å²) in [5.41, 5.74) is 14.0. The number of hydrazone groups is 1. The van der Waals surface area contributed by atoms with Crippen molar-refractivity contribution in [2.75, 3.05) is 12.8 Å². The third-order valence-electron chi connectivity index (χ3n) is 4.82. The van der Waals surface area contributed by atoms with Gasteiger partial charge in [0.25, 0.3) is 0 Å². The monoisotopic (exact) mass is 417 g/mol. The quantitative estimate of drug-likeness (QED) is 0.327. The maximum atomic E-state index is 12.0. The molecule has 0 radical (unpaired) electrons. The first-order valence-corrected chi connectivity index (χ1v) is 9.98. The van der Waals surface area contributed by atoms with E-state index in [1.54, 1.807) is 25.5 Å². The van der Waals surface area contributed by atoms with Gasteiger partial charge in [-0.1, -0.05) is 35.9 Å². The fourth-order valence-electron chi connectivity index (χ4n) is 3.03. The molecule has 160 valence electrons. The third kappa shape index (κ3) is 6.34. The Morgan fingerprint density at radius 3 is 2.55 bits per heavy atom. The number of anilines is 1. The first-order valence-electron chi connectivity index (χ1n) is 9.98. The maximum absolute atomic E-state index is 12.0. The molecule has 3 rings (SSSR count). The highest BCUT2D eigenvalue weighted by atomic mass is 16.5. The highest BCUT2D eigenvalue weighted by molar-refractivity contribution is 5.84. The maximum Gasteiger partial charge on any atom is 0.244 e. The molecule has 6 heteroatoms. The van der Waals surface area contributed by atoms with Crippen molar-refractivity contribution < 1.29 is 14.3 Å². The lowest BCUT2D eigenvalue weighted by molar-refractivity contribution is -0.120. The predicted molar refractivity (Wildman–Crippen MR) is 124 cm³/mol. The van der Waals surface area contributed by atoms with Crippen molar-refractivity contribution in [1.82, 2.24) is 5.43 Å². The Bertz CT molecular complexity index is 1080. The van der Waals surface area contributed by atoms with Crippen LogP contribution in [0.4, 0.5) is 5.69 Å². The van der Waals surface area contributed by atoms with Gasteiger partial charge >= 0.3 is 0 Å². The molecule has 3 aromatic rings. The highest BCUT2D eigenvalue weighted by Crippen LogP contribution is 2.28. The lowest BCUT2D eigenvalue weighted by Crippen LogP contribution is -2.19. The Hall–Kier alpha value is -3.80. The molecule has 0 fully saturated rings. The van der Waals surface area contributed by atoms with E-state index in [0.29, 0.717) is 23.8 Å². The summed E-state index contributed by atoms with van der Waals surface area (Å²) in [5, 5.41) is 4.03. The second-order valence-corrected chi connectivity index (χ2v) is 7.34. The van der Waals surface area contributed by atoms with Crippen LogP contribution in [0, 0.1) is 13.8 Å². The van der Waals surface area contributed by atoms with E-state index >= 15 is 0 Å². The minimum Gasteiger partial charge on any atom is -0.493 e. The SMILES string of the molecule is COc1cc(/C=N\NC(=O)Cc2ccc(N)cc2)ccc1OCc1cc(C)ccc1C. The van der Waals surface area contributed by atoms with Gasteiger partial charge in [0, 0.05) is 5.69 Å². The Labute approximate surface area is 182 Å². The van der Waals surface area contributed by atoms with Crippen LogP contribution in [-0.4, -0.2) is 19.2 Å². The van der Waals surface area contributed by atoms with Gasteiger partial charge in [-0.2, -0.15) is 5.10 Å². The molecule has 1 amide bonds. The largest absolute Gasteiger partial charge is 0.493 e. The summed E-state index contributed by atoms with van der Waals surface area (Å²) >= 11 is 0. The Balaban J connectivity index is 1.59. The topological polar surface area (TPSA) is 85.9 Å². The number of aryl methyl sites for hydroxylation is 2. The number of rotatable bonds is 8. The minimum absolute atomic E-state index is 0.207. The van der Waals surface area contributed by atoms with Gasteiger partial charge in [0.15, 0.2) is 11.5 Å². The van der Waals surface area contributed by atoms with E-state index in [0.717, 1.165) is 16.7 Å². The number of nitrogen functional groups attached to an aromatic ring is 1. The number of amides is 1. The van der Waals surface area contributed by atoms with Crippen LogP contribution in [0.1, 0.15) is 27.8 Å². The van der Waals surface area contributed by atoms with Crippen LogP contribution in [0.5, 0.6) is 11.5 Å². The molecule has 0 heterocycles. The van der Waals surface area contributed by atoms with Crippen LogP contribution in [0.3, 0.4) is 0 Å². The predicted octanol–water partition coefficient (Wildman–Crippen LogP) is 4.17. The summed E-state index contributed by atoms with van der Waals surface area (Å²) in [5.74, 6) is 1.04. The third-order valence-corrected chi connectivity index (χ3v) is 4.82. The van der Waals surface area contributed by atoms with Gasteiger partial charge < -0.3 is 15.2 Å². The second-order valence-electron chi connectivity index (χ2n) is 7.34. The van der Waals surface area contributed by atoms with E-state index in [1.807, 2.05) is 30.3 Å². The Morgan fingerprint density at radius 1 is 1.03 bits per heavy atom. The standard InChI is InChI=1S/C25H27N3O3/c1-17-4-5-18(2)21(12-17)16-31-23-11-8-20(13-24(23)30-3)15-27-28-25(29)14-19-6-9-22(26)10-7-19/h4-13,15H,14,16,26H2,1-3H3,(H,28,29)/b27-15-. The Kier molecular flexibility index (Phi) is 7.27. The molecule has 0 aliphatic carbocycles. The minimum atomic E-state index is -0.207. The van der Waals surface area contributed by atoms with E-state index in [-0.39, 0.29) is 12.3 Å². The van der Waals surface area contributed by atoms with Gasteiger partial charge in [-0.25, -0.2) is 5.43 Å². The zero-order valence-corrected chi connectivity index (χ0v) is 18.0. The van der Waals surface area contributed by atoms with Crippen molar-refractivity contribution in [2.24, 2.45) is 5.10 Å². The van der Waals surface area contributed by atoms with Gasteiger partial charge in [-0.05, 0) is 66.4 Å². The number of carbonyl (C=O) groups is 1. The number of hydrogen-bond donors (Lipinski definition) is 2. The lowest BCUT2D eigenvalue weighted by Gasteiger charge is -2.13. The van der Waals surface area contributed by atoms with Gasteiger partial charge in [-0.3, -0.25) is 4.79 Å². The van der Waals surface area contributed by atoms with Gasteiger partial charge in [0.1, 0.15) is 6.61 Å². The van der Waals surface area contributed by atoms with Gasteiger partial charge in [0.2, 0.25) is 5.91 Å². The molecular formula is C25H27N3O3. The normalized spacial score (nSPS) is 10.8. The lowest BCUT2D eigenvalue weighted by atomic mass is 10.1. The summed E-state index contributed by atoms with van der Waals surface area (Å²) in [6, 6.07) is 19.0. The zero-order valence-electron chi connectivity index (χ0n) is 18.0. The number of nitrogens with one attached hydrogen (secondary N) is 1. The molecule has 31 heavy (non-hydrogen) atoms. The zero-order chi connectivity index (χ0) is 22.2. The van der Waals surface area contributed by atoms with Crippen molar-refractivity contribution in [1.29, 1.82) is 0 Å². The summed E-state index contributed by atoms with van der Waals surface area (Å²) < 4.78 is 11.4. The van der Waals surface area contributed by atoms with E-state index < -0.39 is 0 Å². The van der Waals surface area contributed by atoms with E-state index in [4.69, 9.17) is 15.2 Å². The van der Waals surface area contributed by atoms with Crippen LogP contribution >= 0.6 is 0 Å². The molecule has 0 bridgehead atoms. The first-order chi connectivity index (χ1) is 14.9. The summed E-state index contributed by atoms with van der Waals surface area (Å²) in [6.07, 6.45) is 1.80. The molecule has 3 aromatic carbocycles. The highest BCUT2D eigenvalue weighted by Gasteiger charge is 2.07. The number of hydrogen-bond acceptors (Lipinski definition) is 5. The molecule has 0 atom stereocenters.